The van der Waals surface area contributed by atoms with E-state index in [1.807, 2.05) is 42.5 Å². The van der Waals surface area contributed by atoms with Crippen molar-refractivity contribution in [2.45, 2.75) is 12.2 Å². The lowest BCUT2D eigenvalue weighted by Gasteiger charge is -2.19. The molecule has 1 N–H and O–H groups in total. The lowest BCUT2D eigenvalue weighted by molar-refractivity contribution is -0.0464. The largest absolute Gasteiger partial charge is 0.506 e. The number of aromatic hydroxyl groups is 1. The van der Waals surface area contributed by atoms with Gasteiger partial charge in [-0.25, -0.2) is 4.79 Å². The van der Waals surface area contributed by atoms with E-state index in [2.05, 4.69) is 0 Å². The molecule has 26 heavy (non-hydrogen) atoms. The monoisotopic (exact) mass is 350 g/mol. The fourth-order valence-corrected chi connectivity index (χ4v) is 3.63. The van der Waals surface area contributed by atoms with Gasteiger partial charge < -0.3 is 19.3 Å². The number of ether oxygens (including phenoxy) is 3. The maximum absolute atomic E-state index is 12.5. The molecular weight excluding hydrogens is 332 g/mol. The van der Waals surface area contributed by atoms with Crippen LogP contribution in [0, 0.1) is 0 Å². The molecule has 4 rings (SSSR count). The number of carbonyl (C=O) groups excluding carboxylic acids is 1. The SMILES string of the molecule is COC(=O)c1c2c(c3ccccc3c1O)O[C@@H](OC)[C@@H]2c1ccccc1. The standard InChI is InChI=1S/C21H18O5/c1-24-20(23)17-16-15(12-8-4-3-5-9-12)21(25-2)26-19(16)14-11-7-6-10-13(14)18(17)22/h3-11,15,21-22H,1-2H3/t15-,21-/m1/s1. The minimum Gasteiger partial charge on any atom is -0.506 e. The molecule has 132 valence electrons. The first-order chi connectivity index (χ1) is 12.7. The highest BCUT2D eigenvalue weighted by Crippen LogP contribution is 2.51. The highest BCUT2D eigenvalue weighted by Gasteiger charge is 2.42. The molecule has 0 unspecified atom stereocenters. The van der Waals surface area contributed by atoms with Crippen LogP contribution < -0.4 is 4.74 Å². The maximum Gasteiger partial charge on any atom is 0.342 e. The Bertz CT molecular complexity index is 981. The van der Waals surface area contributed by atoms with E-state index in [0.717, 1.165) is 10.9 Å². The normalized spacial score (nSPS) is 18.4. The van der Waals surface area contributed by atoms with Crippen molar-refractivity contribution in [1.29, 1.82) is 0 Å². The molecule has 3 aromatic carbocycles. The number of phenols is 1. The van der Waals surface area contributed by atoms with Gasteiger partial charge in [0.1, 0.15) is 17.1 Å². The van der Waals surface area contributed by atoms with Gasteiger partial charge >= 0.3 is 5.97 Å². The number of carbonyl (C=O) groups is 1. The van der Waals surface area contributed by atoms with Crippen molar-refractivity contribution in [3.05, 3.63) is 71.3 Å². The predicted octanol–water partition coefficient (Wildman–Crippen LogP) is 3.83. The van der Waals surface area contributed by atoms with Crippen LogP contribution in [0.15, 0.2) is 54.6 Å². The highest BCUT2D eigenvalue weighted by molar-refractivity contribution is 6.06. The van der Waals surface area contributed by atoms with Crippen molar-refractivity contribution in [3.63, 3.8) is 0 Å². The second kappa shape index (κ2) is 6.35. The minimum atomic E-state index is -0.610. The van der Waals surface area contributed by atoms with Crippen molar-refractivity contribution in [2.75, 3.05) is 14.2 Å². The molecule has 1 aliphatic rings. The predicted molar refractivity (Wildman–Crippen MR) is 96.7 cm³/mol. The van der Waals surface area contributed by atoms with E-state index in [9.17, 15) is 9.90 Å². The van der Waals surface area contributed by atoms with Crippen LogP contribution >= 0.6 is 0 Å². The number of phenolic OH excluding ortho intramolecular Hbond substituents is 1. The Morgan fingerprint density at radius 1 is 1.00 bits per heavy atom. The topological polar surface area (TPSA) is 65.0 Å². The quantitative estimate of drug-likeness (QED) is 0.727. The van der Waals surface area contributed by atoms with Crippen molar-refractivity contribution in [1.82, 2.24) is 0 Å². The molecule has 0 saturated heterocycles. The summed E-state index contributed by atoms with van der Waals surface area (Å²) in [6, 6.07) is 16.9. The van der Waals surface area contributed by atoms with Crippen LogP contribution in [-0.2, 0) is 9.47 Å². The zero-order valence-electron chi connectivity index (χ0n) is 14.4. The molecule has 0 bridgehead atoms. The lowest BCUT2D eigenvalue weighted by Crippen LogP contribution is -2.22. The summed E-state index contributed by atoms with van der Waals surface area (Å²) in [6.07, 6.45) is -0.610. The smallest absolute Gasteiger partial charge is 0.342 e. The Morgan fingerprint density at radius 3 is 2.31 bits per heavy atom. The molecule has 0 fully saturated rings. The second-order valence-corrected chi connectivity index (χ2v) is 6.11. The van der Waals surface area contributed by atoms with Gasteiger partial charge in [-0.15, -0.1) is 0 Å². The van der Waals surface area contributed by atoms with Gasteiger partial charge in [0.2, 0.25) is 6.29 Å². The second-order valence-electron chi connectivity index (χ2n) is 6.11. The zero-order valence-corrected chi connectivity index (χ0v) is 14.4. The van der Waals surface area contributed by atoms with Crippen LogP contribution in [0.25, 0.3) is 10.8 Å². The molecule has 5 heteroatoms. The molecule has 0 amide bonds. The van der Waals surface area contributed by atoms with E-state index < -0.39 is 12.3 Å². The summed E-state index contributed by atoms with van der Waals surface area (Å²) in [5.74, 6) is -0.529. The Balaban J connectivity index is 2.09. The minimum absolute atomic E-state index is 0.104. The van der Waals surface area contributed by atoms with Crippen molar-refractivity contribution in [3.8, 4) is 11.5 Å². The number of esters is 1. The fraction of sp³-hybridized carbons (Fsp3) is 0.190. The van der Waals surface area contributed by atoms with Gasteiger partial charge in [0.15, 0.2) is 0 Å². The van der Waals surface area contributed by atoms with E-state index in [4.69, 9.17) is 14.2 Å². The first kappa shape index (κ1) is 16.4. The summed E-state index contributed by atoms with van der Waals surface area (Å²) in [5, 5.41) is 12.1. The van der Waals surface area contributed by atoms with Crippen LogP contribution in [0.4, 0.5) is 0 Å². The number of methoxy groups -OCH3 is 2. The number of rotatable bonds is 3. The van der Waals surface area contributed by atoms with Crippen LogP contribution in [0.5, 0.6) is 11.5 Å². The summed E-state index contributed by atoms with van der Waals surface area (Å²) in [4.78, 5) is 12.5. The number of fused-ring (bicyclic) bond motifs is 3. The molecule has 0 saturated carbocycles. The molecule has 3 aromatic rings. The Morgan fingerprint density at radius 2 is 1.65 bits per heavy atom. The fourth-order valence-electron chi connectivity index (χ4n) is 3.63. The van der Waals surface area contributed by atoms with E-state index >= 15 is 0 Å². The average Bonchev–Trinajstić information content (AvgIpc) is 3.08. The maximum atomic E-state index is 12.5. The van der Waals surface area contributed by atoms with Gasteiger partial charge in [0, 0.05) is 23.4 Å². The number of benzene rings is 3. The first-order valence-corrected chi connectivity index (χ1v) is 8.27. The van der Waals surface area contributed by atoms with Gasteiger partial charge in [-0.2, -0.15) is 0 Å². The molecule has 1 aliphatic heterocycles. The Hall–Kier alpha value is -3.05. The van der Waals surface area contributed by atoms with E-state index in [0.29, 0.717) is 16.7 Å². The third-order valence-electron chi connectivity index (χ3n) is 4.78. The summed E-state index contributed by atoms with van der Waals surface area (Å²) in [5.41, 5.74) is 1.64. The summed E-state index contributed by atoms with van der Waals surface area (Å²) >= 11 is 0. The first-order valence-electron chi connectivity index (χ1n) is 8.27. The van der Waals surface area contributed by atoms with Crippen LogP contribution in [-0.4, -0.2) is 31.6 Å². The van der Waals surface area contributed by atoms with Crippen molar-refractivity contribution in [2.24, 2.45) is 0 Å². The van der Waals surface area contributed by atoms with Crippen LogP contribution in [0.1, 0.15) is 27.4 Å². The van der Waals surface area contributed by atoms with Crippen molar-refractivity contribution >= 4 is 16.7 Å². The molecular formula is C21H18O5. The van der Waals surface area contributed by atoms with Gasteiger partial charge in [-0.1, -0.05) is 54.6 Å². The van der Waals surface area contributed by atoms with E-state index in [1.54, 1.807) is 19.2 Å². The highest BCUT2D eigenvalue weighted by atomic mass is 16.7. The average molecular weight is 350 g/mol. The lowest BCUT2D eigenvalue weighted by atomic mass is 9.86. The van der Waals surface area contributed by atoms with Crippen LogP contribution in [0.3, 0.4) is 0 Å². The van der Waals surface area contributed by atoms with Crippen LogP contribution in [0.2, 0.25) is 0 Å². The summed E-state index contributed by atoms with van der Waals surface area (Å²) in [6.45, 7) is 0. The van der Waals surface area contributed by atoms with E-state index in [1.165, 1.54) is 7.11 Å². The molecule has 0 aliphatic carbocycles. The van der Waals surface area contributed by atoms with Gasteiger partial charge in [0.25, 0.3) is 0 Å². The molecule has 2 atom stereocenters. The molecule has 1 heterocycles. The number of hydrogen-bond acceptors (Lipinski definition) is 5. The Labute approximate surface area is 150 Å². The van der Waals surface area contributed by atoms with Crippen molar-refractivity contribution < 1.29 is 24.1 Å². The van der Waals surface area contributed by atoms with Gasteiger partial charge in [-0.05, 0) is 5.56 Å². The molecule has 0 spiro atoms. The Kier molecular flexibility index (Phi) is 4.01. The van der Waals surface area contributed by atoms with Gasteiger partial charge in [0.05, 0.1) is 13.0 Å². The zero-order chi connectivity index (χ0) is 18.3. The third kappa shape index (κ3) is 2.32. The third-order valence-corrected chi connectivity index (χ3v) is 4.78. The molecule has 0 aromatic heterocycles. The van der Waals surface area contributed by atoms with E-state index in [-0.39, 0.29) is 17.2 Å². The van der Waals surface area contributed by atoms with Gasteiger partial charge in [-0.3, -0.25) is 0 Å². The summed E-state index contributed by atoms with van der Waals surface area (Å²) < 4.78 is 16.6. The molecule has 0 radical (unpaired) electrons. The summed E-state index contributed by atoms with van der Waals surface area (Å²) in [7, 11) is 2.86. The molecule has 5 nitrogen and oxygen atoms in total. The number of hydrogen-bond donors (Lipinski definition) is 1.